The van der Waals surface area contributed by atoms with E-state index in [4.69, 9.17) is 19.4 Å². The summed E-state index contributed by atoms with van der Waals surface area (Å²) in [7, 11) is 0. The van der Waals surface area contributed by atoms with Gasteiger partial charge in [0.2, 0.25) is 0 Å². The van der Waals surface area contributed by atoms with Gasteiger partial charge in [-0.2, -0.15) is 0 Å². The Morgan fingerprint density at radius 1 is 0.289 bits per heavy atom. The normalized spacial score (nSPS) is 11.9. The number of para-hydroxylation sites is 4. The van der Waals surface area contributed by atoms with Crippen LogP contribution in [0.25, 0.3) is 154 Å². The van der Waals surface area contributed by atoms with E-state index in [0.717, 1.165) is 82.9 Å². The Bertz CT molecular complexity index is 4970. The van der Waals surface area contributed by atoms with Crippen molar-refractivity contribution < 1.29 is 4.42 Å². The lowest BCUT2D eigenvalue weighted by Gasteiger charge is -2.14. The zero-order valence-electron chi connectivity index (χ0n) is 40.7. The minimum absolute atomic E-state index is 0.569. The van der Waals surface area contributed by atoms with Crippen molar-refractivity contribution >= 4 is 97.1 Å². The first-order valence-electron chi connectivity index (χ1n) is 25.6. The van der Waals surface area contributed by atoms with Gasteiger partial charge >= 0.3 is 0 Å². The molecule has 0 aliphatic carbocycles. The highest BCUT2D eigenvalue weighted by Gasteiger charge is 2.21. The average Bonchev–Trinajstić information content (AvgIpc) is 4.25. The molecule has 5 heterocycles. The van der Waals surface area contributed by atoms with Gasteiger partial charge in [0.15, 0.2) is 17.5 Å². The van der Waals surface area contributed by atoms with E-state index < -0.39 is 0 Å². The Kier molecular flexibility index (Phi) is 9.40. The standard InChI is InChI=1S/C69H41N5OS/c1-2-15-42(16-3-1)67-70-68(72-69(71-67)47-32-34-54-53-23-6-10-29-62(53)75-63(54)39-47)46-19-13-20-48(38-46)74-61-36-33-49(73-59-27-8-4-21-51(59)52-22-5-9-28-60(52)73)41-58(61)57-26-14-25-50(66(57)74)45-18-12-17-43(37-45)44-31-35-56-55-24-7-11-30-64(55)76-65(56)40-44/h1-41H. The average molecular weight is 988 g/mol. The van der Waals surface area contributed by atoms with Crippen LogP contribution in [0.5, 0.6) is 0 Å². The van der Waals surface area contributed by atoms with Gasteiger partial charge in [-0.05, 0) is 95.6 Å². The van der Waals surface area contributed by atoms with E-state index in [1.807, 2.05) is 65.9 Å². The first-order chi connectivity index (χ1) is 37.6. The largest absolute Gasteiger partial charge is 0.456 e. The molecule has 0 spiro atoms. The molecule has 16 aromatic rings. The van der Waals surface area contributed by atoms with Crippen LogP contribution in [0.2, 0.25) is 0 Å². The number of benzene rings is 11. The van der Waals surface area contributed by atoms with Crippen molar-refractivity contribution in [3.8, 4) is 67.8 Å². The van der Waals surface area contributed by atoms with E-state index in [9.17, 15) is 0 Å². The van der Waals surface area contributed by atoms with E-state index in [2.05, 4.69) is 203 Å². The molecule has 0 saturated heterocycles. The Labute approximate surface area is 439 Å². The summed E-state index contributed by atoms with van der Waals surface area (Å²) in [6.07, 6.45) is 0. The fourth-order valence-electron chi connectivity index (χ4n) is 11.7. The highest BCUT2D eigenvalue weighted by atomic mass is 32.1. The van der Waals surface area contributed by atoms with Crippen LogP contribution in [-0.4, -0.2) is 24.1 Å². The predicted molar refractivity (Wildman–Crippen MR) is 316 cm³/mol. The molecule has 0 aliphatic heterocycles. The van der Waals surface area contributed by atoms with Gasteiger partial charge in [0.25, 0.3) is 0 Å². The third kappa shape index (κ3) is 6.69. The molecule has 0 amide bonds. The van der Waals surface area contributed by atoms with E-state index in [0.29, 0.717) is 17.5 Å². The van der Waals surface area contributed by atoms with Crippen molar-refractivity contribution in [3.05, 3.63) is 249 Å². The number of furan rings is 1. The van der Waals surface area contributed by atoms with Gasteiger partial charge < -0.3 is 13.6 Å². The van der Waals surface area contributed by atoms with Gasteiger partial charge in [-0.3, -0.25) is 0 Å². The maximum absolute atomic E-state index is 6.36. The van der Waals surface area contributed by atoms with Gasteiger partial charge in [0.1, 0.15) is 11.2 Å². The molecule has 0 fully saturated rings. The van der Waals surface area contributed by atoms with Crippen LogP contribution < -0.4 is 0 Å². The number of thiophene rings is 1. The monoisotopic (exact) mass is 987 g/mol. The van der Waals surface area contributed by atoms with E-state index in [1.165, 1.54) is 53.1 Å². The maximum Gasteiger partial charge on any atom is 0.164 e. The molecule has 0 N–H and O–H groups in total. The van der Waals surface area contributed by atoms with Crippen LogP contribution >= 0.6 is 11.3 Å². The van der Waals surface area contributed by atoms with E-state index >= 15 is 0 Å². The Morgan fingerprint density at radius 3 is 1.67 bits per heavy atom. The second-order valence-electron chi connectivity index (χ2n) is 19.5. The highest BCUT2D eigenvalue weighted by molar-refractivity contribution is 7.25. The highest BCUT2D eigenvalue weighted by Crippen LogP contribution is 2.43. The van der Waals surface area contributed by atoms with Crippen molar-refractivity contribution in [2.75, 3.05) is 0 Å². The molecule has 0 radical (unpaired) electrons. The number of hydrogen-bond donors (Lipinski definition) is 0. The molecule has 7 heteroatoms. The molecule has 0 atom stereocenters. The number of nitrogens with zero attached hydrogens (tertiary/aromatic N) is 5. The minimum Gasteiger partial charge on any atom is -0.456 e. The molecule has 0 bridgehead atoms. The van der Waals surface area contributed by atoms with Gasteiger partial charge in [-0.25, -0.2) is 15.0 Å². The number of aromatic nitrogens is 5. The van der Waals surface area contributed by atoms with Crippen LogP contribution in [0.1, 0.15) is 0 Å². The van der Waals surface area contributed by atoms with Crippen LogP contribution in [0, 0.1) is 0 Å². The van der Waals surface area contributed by atoms with Crippen LogP contribution in [0.15, 0.2) is 253 Å². The smallest absolute Gasteiger partial charge is 0.164 e. The fourth-order valence-corrected chi connectivity index (χ4v) is 12.8. The summed E-state index contributed by atoms with van der Waals surface area (Å²) in [6, 6.07) is 88.9. The summed E-state index contributed by atoms with van der Waals surface area (Å²) in [4.78, 5) is 15.6. The quantitative estimate of drug-likeness (QED) is 0.160. The van der Waals surface area contributed by atoms with Gasteiger partial charge in [0.05, 0.1) is 22.1 Å². The summed E-state index contributed by atoms with van der Waals surface area (Å²) < 4.78 is 13.8. The summed E-state index contributed by atoms with van der Waals surface area (Å²) in [5.41, 5.74) is 15.6. The SMILES string of the molecule is c1ccc(-c2nc(-c3cccc(-n4c5ccc(-n6c7ccccc7c7ccccc76)cc5c5cccc(-c6cccc(-c7ccc8c(c7)sc7ccccc78)c6)c54)c3)nc(-c3ccc4c(c3)oc3ccccc34)n2)cc1. The topological polar surface area (TPSA) is 61.7 Å². The lowest BCUT2D eigenvalue weighted by Crippen LogP contribution is -2.01. The molecule has 0 aliphatic rings. The summed E-state index contributed by atoms with van der Waals surface area (Å²) in [6.45, 7) is 0. The lowest BCUT2D eigenvalue weighted by molar-refractivity contribution is 0.669. The molecular formula is C69H41N5OS. The molecule has 354 valence electrons. The molecule has 0 unspecified atom stereocenters. The third-order valence-electron chi connectivity index (χ3n) is 15.2. The van der Waals surface area contributed by atoms with Crippen molar-refractivity contribution in [3.63, 3.8) is 0 Å². The number of hydrogen-bond acceptors (Lipinski definition) is 5. The summed E-state index contributed by atoms with van der Waals surface area (Å²) in [5, 5.41) is 9.52. The Hall–Kier alpha value is -9.95. The van der Waals surface area contributed by atoms with Gasteiger partial charge in [-0.1, -0.05) is 170 Å². The molecule has 76 heavy (non-hydrogen) atoms. The Morgan fingerprint density at radius 2 is 0.842 bits per heavy atom. The first-order valence-corrected chi connectivity index (χ1v) is 26.4. The first kappa shape index (κ1) is 42.5. The predicted octanol–water partition coefficient (Wildman–Crippen LogP) is 18.7. The van der Waals surface area contributed by atoms with Gasteiger partial charge in [0, 0.05) is 86.1 Å². The molecular weight excluding hydrogens is 947 g/mol. The van der Waals surface area contributed by atoms with Crippen LogP contribution in [-0.2, 0) is 0 Å². The van der Waals surface area contributed by atoms with E-state index in [1.54, 1.807) is 0 Å². The number of fused-ring (bicyclic) bond motifs is 12. The summed E-state index contributed by atoms with van der Waals surface area (Å²) >= 11 is 1.85. The van der Waals surface area contributed by atoms with Crippen molar-refractivity contribution in [2.24, 2.45) is 0 Å². The van der Waals surface area contributed by atoms with Crippen molar-refractivity contribution in [2.45, 2.75) is 0 Å². The third-order valence-corrected chi connectivity index (χ3v) is 16.3. The zero-order chi connectivity index (χ0) is 49.8. The molecule has 11 aromatic carbocycles. The summed E-state index contributed by atoms with van der Waals surface area (Å²) in [5.74, 6) is 1.74. The fraction of sp³-hybridized carbons (Fsp3) is 0. The molecule has 6 nitrogen and oxygen atoms in total. The van der Waals surface area contributed by atoms with E-state index in [-0.39, 0.29) is 0 Å². The lowest BCUT2D eigenvalue weighted by atomic mass is 9.97. The van der Waals surface area contributed by atoms with Crippen LogP contribution in [0.3, 0.4) is 0 Å². The second kappa shape index (κ2) is 16.8. The molecule has 0 saturated carbocycles. The maximum atomic E-state index is 6.36. The van der Waals surface area contributed by atoms with Crippen molar-refractivity contribution in [1.82, 2.24) is 24.1 Å². The van der Waals surface area contributed by atoms with Gasteiger partial charge in [-0.15, -0.1) is 11.3 Å². The number of rotatable bonds is 7. The Balaban J connectivity index is 0.901. The molecule has 5 aromatic heterocycles. The minimum atomic E-state index is 0.569. The van der Waals surface area contributed by atoms with Crippen molar-refractivity contribution in [1.29, 1.82) is 0 Å². The zero-order valence-corrected chi connectivity index (χ0v) is 41.5. The second-order valence-corrected chi connectivity index (χ2v) is 20.6. The van der Waals surface area contributed by atoms with Crippen LogP contribution in [0.4, 0.5) is 0 Å². The molecule has 16 rings (SSSR count).